The maximum absolute atomic E-state index is 12.8. The molecule has 0 bridgehead atoms. The van der Waals surface area contributed by atoms with Gasteiger partial charge in [-0.3, -0.25) is 9.59 Å². The fourth-order valence-electron chi connectivity index (χ4n) is 3.46. The van der Waals surface area contributed by atoms with Crippen LogP contribution in [0.4, 0.5) is 0 Å². The Morgan fingerprint density at radius 1 is 0.889 bits per heavy atom. The van der Waals surface area contributed by atoms with Crippen molar-refractivity contribution < 1.29 is 9.59 Å². The summed E-state index contributed by atoms with van der Waals surface area (Å²) < 4.78 is 1.65. The summed E-state index contributed by atoms with van der Waals surface area (Å²) in [6.45, 7) is 1.21. The second kappa shape index (κ2) is 7.53. The van der Waals surface area contributed by atoms with Crippen LogP contribution in [-0.2, 0) is 0 Å². The number of benzene rings is 2. The van der Waals surface area contributed by atoms with E-state index >= 15 is 0 Å². The molecular weight excluding hydrogens is 340 g/mol. The average molecular weight is 360 g/mol. The molecule has 2 heterocycles. The molecule has 6 heteroatoms. The first-order valence-electron chi connectivity index (χ1n) is 9.06. The number of hydrogen-bond donors (Lipinski definition) is 0. The lowest BCUT2D eigenvalue weighted by atomic mass is 9.88. The Morgan fingerprint density at radius 2 is 1.59 bits per heavy atom. The molecule has 1 aliphatic rings. The number of rotatable bonds is 4. The predicted molar refractivity (Wildman–Crippen MR) is 101 cm³/mol. The van der Waals surface area contributed by atoms with E-state index in [0.717, 1.165) is 11.3 Å². The van der Waals surface area contributed by atoms with Crippen LogP contribution in [0.3, 0.4) is 0 Å². The minimum atomic E-state index is -0.00820. The van der Waals surface area contributed by atoms with E-state index in [1.165, 1.54) is 6.33 Å². The van der Waals surface area contributed by atoms with Crippen molar-refractivity contribution in [2.75, 3.05) is 13.1 Å². The van der Waals surface area contributed by atoms with Crippen LogP contribution in [0, 0.1) is 5.92 Å². The minimum Gasteiger partial charge on any atom is -0.339 e. The van der Waals surface area contributed by atoms with Gasteiger partial charge in [0.05, 0.1) is 5.69 Å². The maximum Gasteiger partial charge on any atom is 0.253 e. The molecule has 1 amide bonds. The highest BCUT2D eigenvalue weighted by Gasteiger charge is 2.28. The van der Waals surface area contributed by atoms with Gasteiger partial charge in [0, 0.05) is 30.1 Å². The summed E-state index contributed by atoms with van der Waals surface area (Å²) in [5.41, 5.74) is 2.26. The van der Waals surface area contributed by atoms with E-state index in [1.807, 2.05) is 47.4 Å². The molecular formula is C21H20N4O2. The van der Waals surface area contributed by atoms with Gasteiger partial charge in [-0.05, 0) is 37.1 Å². The third kappa shape index (κ3) is 3.65. The molecule has 0 atom stereocenters. The SMILES string of the molecule is O=C(c1ccccc1)C1CCN(C(=O)c2ccc(-n3cncn3)cc2)CC1. The predicted octanol–water partition coefficient (Wildman–Crippen LogP) is 3.00. The van der Waals surface area contributed by atoms with E-state index in [9.17, 15) is 9.59 Å². The molecule has 136 valence electrons. The van der Waals surface area contributed by atoms with E-state index in [0.29, 0.717) is 31.5 Å². The second-order valence-corrected chi connectivity index (χ2v) is 6.68. The highest BCUT2D eigenvalue weighted by atomic mass is 16.2. The second-order valence-electron chi connectivity index (χ2n) is 6.68. The zero-order valence-electron chi connectivity index (χ0n) is 14.9. The quantitative estimate of drug-likeness (QED) is 0.671. The molecule has 6 nitrogen and oxygen atoms in total. The van der Waals surface area contributed by atoms with Gasteiger partial charge >= 0.3 is 0 Å². The van der Waals surface area contributed by atoms with Crippen molar-refractivity contribution >= 4 is 11.7 Å². The zero-order chi connectivity index (χ0) is 18.6. The number of Topliss-reactive ketones (excluding diaryl/α,β-unsaturated/α-hetero) is 1. The van der Waals surface area contributed by atoms with Gasteiger partial charge in [-0.15, -0.1) is 0 Å². The van der Waals surface area contributed by atoms with E-state index in [1.54, 1.807) is 23.1 Å². The van der Waals surface area contributed by atoms with Crippen LogP contribution in [0.5, 0.6) is 0 Å². The normalized spacial score (nSPS) is 14.9. The van der Waals surface area contributed by atoms with Gasteiger partial charge in [0.25, 0.3) is 5.91 Å². The molecule has 27 heavy (non-hydrogen) atoms. The van der Waals surface area contributed by atoms with Crippen molar-refractivity contribution in [1.82, 2.24) is 19.7 Å². The first-order valence-corrected chi connectivity index (χ1v) is 9.06. The van der Waals surface area contributed by atoms with Crippen molar-refractivity contribution in [2.45, 2.75) is 12.8 Å². The minimum absolute atomic E-state index is 0.00532. The molecule has 0 N–H and O–H groups in total. The lowest BCUT2D eigenvalue weighted by Crippen LogP contribution is -2.40. The van der Waals surface area contributed by atoms with Crippen molar-refractivity contribution in [2.24, 2.45) is 5.92 Å². The highest BCUT2D eigenvalue weighted by Crippen LogP contribution is 2.23. The van der Waals surface area contributed by atoms with Gasteiger partial charge < -0.3 is 4.90 Å². The van der Waals surface area contributed by atoms with Crippen LogP contribution in [0.15, 0.2) is 67.3 Å². The van der Waals surface area contributed by atoms with Crippen molar-refractivity contribution in [3.63, 3.8) is 0 Å². The van der Waals surface area contributed by atoms with Crippen LogP contribution in [-0.4, -0.2) is 44.4 Å². The van der Waals surface area contributed by atoms with Crippen LogP contribution in [0.25, 0.3) is 5.69 Å². The molecule has 1 aliphatic heterocycles. The standard InChI is InChI=1S/C21H20N4O2/c26-20(16-4-2-1-3-5-16)17-10-12-24(13-11-17)21(27)18-6-8-19(9-7-18)25-15-22-14-23-25/h1-9,14-15,17H,10-13H2. The van der Waals surface area contributed by atoms with Gasteiger partial charge in [0.2, 0.25) is 0 Å². The average Bonchev–Trinajstić information content (AvgIpc) is 3.28. The Labute approximate surface area is 157 Å². The molecule has 0 saturated carbocycles. The Morgan fingerprint density at radius 3 is 2.22 bits per heavy atom. The molecule has 1 aromatic heterocycles. The van der Waals surface area contributed by atoms with Crippen LogP contribution in [0.2, 0.25) is 0 Å². The topological polar surface area (TPSA) is 68.1 Å². The summed E-state index contributed by atoms with van der Waals surface area (Å²) in [7, 11) is 0. The summed E-state index contributed by atoms with van der Waals surface area (Å²) in [5, 5.41) is 4.08. The van der Waals surface area contributed by atoms with Crippen molar-refractivity contribution in [3.05, 3.63) is 78.4 Å². The number of piperidine rings is 1. The van der Waals surface area contributed by atoms with Crippen molar-refractivity contribution in [3.8, 4) is 5.69 Å². The fraction of sp³-hybridized carbons (Fsp3) is 0.238. The molecule has 1 saturated heterocycles. The Balaban J connectivity index is 1.38. The number of hydrogen-bond acceptors (Lipinski definition) is 4. The van der Waals surface area contributed by atoms with Crippen LogP contribution in [0.1, 0.15) is 33.6 Å². The van der Waals surface area contributed by atoms with Gasteiger partial charge in [-0.25, -0.2) is 9.67 Å². The fourth-order valence-corrected chi connectivity index (χ4v) is 3.46. The number of carbonyl (C=O) groups is 2. The smallest absolute Gasteiger partial charge is 0.253 e. The van der Waals surface area contributed by atoms with Crippen LogP contribution < -0.4 is 0 Å². The summed E-state index contributed by atoms with van der Waals surface area (Å²) in [6.07, 6.45) is 4.50. The molecule has 3 aromatic rings. The molecule has 0 spiro atoms. The van der Waals surface area contributed by atoms with Gasteiger partial charge in [-0.1, -0.05) is 30.3 Å². The molecule has 2 aromatic carbocycles. The van der Waals surface area contributed by atoms with E-state index in [4.69, 9.17) is 0 Å². The zero-order valence-corrected chi connectivity index (χ0v) is 14.9. The Hall–Kier alpha value is -3.28. The monoisotopic (exact) mass is 360 g/mol. The Bertz CT molecular complexity index is 913. The first kappa shape index (κ1) is 17.1. The van der Waals surface area contributed by atoms with E-state index < -0.39 is 0 Å². The summed E-state index contributed by atoms with van der Waals surface area (Å²) in [5.74, 6) is 0.178. The van der Waals surface area contributed by atoms with Gasteiger partial charge in [-0.2, -0.15) is 5.10 Å². The molecule has 0 unspecified atom stereocenters. The Kier molecular flexibility index (Phi) is 4.78. The van der Waals surface area contributed by atoms with Crippen LogP contribution >= 0.6 is 0 Å². The number of likely N-dealkylation sites (tertiary alicyclic amines) is 1. The number of carbonyl (C=O) groups excluding carboxylic acids is 2. The molecule has 0 aliphatic carbocycles. The molecule has 0 radical (unpaired) electrons. The molecule has 4 rings (SSSR count). The summed E-state index contributed by atoms with van der Waals surface area (Å²) in [4.78, 5) is 31.1. The third-order valence-electron chi connectivity index (χ3n) is 5.01. The van der Waals surface area contributed by atoms with Crippen molar-refractivity contribution in [1.29, 1.82) is 0 Å². The summed E-state index contributed by atoms with van der Waals surface area (Å²) >= 11 is 0. The van der Waals surface area contributed by atoms with Gasteiger partial charge in [0.15, 0.2) is 5.78 Å². The number of aromatic nitrogens is 3. The van der Waals surface area contributed by atoms with E-state index in [-0.39, 0.29) is 17.6 Å². The first-order chi connectivity index (χ1) is 13.2. The number of amides is 1. The third-order valence-corrected chi connectivity index (χ3v) is 5.01. The van der Waals surface area contributed by atoms with E-state index in [2.05, 4.69) is 10.1 Å². The number of nitrogens with zero attached hydrogens (tertiary/aromatic N) is 4. The maximum atomic E-state index is 12.8. The number of ketones is 1. The molecule has 1 fully saturated rings. The van der Waals surface area contributed by atoms with Gasteiger partial charge in [0.1, 0.15) is 12.7 Å². The lowest BCUT2D eigenvalue weighted by Gasteiger charge is -2.31. The largest absolute Gasteiger partial charge is 0.339 e. The highest BCUT2D eigenvalue weighted by molar-refractivity contribution is 5.98. The lowest BCUT2D eigenvalue weighted by molar-refractivity contribution is 0.0650. The summed E-state index contributed by atoms with van der Waals surface area (Å²) in [6, 6.07) is 16.7.